The van der Waals surface area contributed by atoms with E-state index in [4.69, 9.17) is 0 Å². The molecule has 2 rings (SSSR count). The lowest BCUT2D eigenvalue weighted by Gasteiger charge is -2.28. The maximum absolute atomic E-state index is 12.0. The van der Waals surface area contributed by atoms with Crippen LogP contribution in [0.2, 0.25) is 0 Å². The van der Waals surface area contributed by atoms with E-state index in [1.807, 2.05) is 14.1 Å². The van der Waals surface area contributed by atoms with Gasteiger partial charge < -0.3 is 10.2 Å². The first-order valence-electron chi connectivity index (χ1n) is 6.57. The predicted octanol–water partition coefficient (Wildman–Crippen LogP) is 2.48. The molecule has 0 saturated carbocycles. The minimum atomic E-state index is 0.0647. The monoisotopic (exact) mass is 246 g/mol. The zero-order chi connectivity index (χ0) is 13.3. The average Bonchev–Trinajstić information content (AvgIpc) is 2.36. The number of carbonyl (C=O) groups is 1. The third kappa shape index (κ3) is 2.50. The molecule has 0 bridgehead atoms. The van der Waals surface area contributed by atoms with E-state index in [0.29, 0.717) is 5.92 Å². The predicted molar refractivity (Wildman–Crippen MR) is 74.9 cm³/mol. The molecule has 0 fully saturated rings. The van der Waals surface area contributed by atoms with Gasteiger partial charge in [0.15, 0.2) is 0 Å². The van der Waals surface area contributed by atoms with Crippen molar-refractivity contribution in [1.29, 1.82) is 0 Å². The van der Waals surface area contributed by atoms with Crippen LogP contribution in [0.5, 0.6) is 0 Å². The van der Waals surface area contributed by atoms with Gasteiger partial charge >= 0.3 is 0 Å². The van der Waals surface area contributed by atoms with Crippen LogP contribution in [0.25, 0.3) is 0 Å². The van der Waals surface area contributed by atoms with Crippen LogP contribution in [-0.4, -0.2) is 31.4 Å². The van der Waals surface area contributed by atoms with Crippen molar-refractivity contribution in [2.75, 3.05) is 26.0 Å². The number of benzene rings is 1. The van der Waals surface area contributed by atoms with E-state index in [1.165, 1.54) is 16.8 Å². The highest BCUT2D eigenvalue weighted by molar-refractivity contribution is 5.80. The van der Waals surface area contributed by atoms with Crippen LogP contribution >= 0.6 is 0 Å². The molecule has 1 amide bonds. The van der Waals surface area contributed by atoms with Crippen LogP contribution in [0, 0.1) is 5.92 Å². The normalized spacial score (nSPS) is 18.2. The molecule has 0 aromatic heterocycles. The lowest BCUT2D eigenvalue weighted by Crippen LogP contribution is -2.37. The molecule has 0 radical (unpaired) electrons. The molecule has 1 aliphatic rings. The van der Waals surface area contributed by atoms with Crippen LogP contribution in [0.15, 0.2) is 18.2 Å². The molecule has 3 nitrogen and oxygen atoms in total. The Morgan fingerprint density at radius 1 is 1.39 bits per heavy atom. The second-order valence-corrected chi connectivity index (χ2v) is 5.59. The molecule has 1 heterocycles. The van der Waals surface area contributed by atoms with Crippen molar-refractivity contribution >= 4 is 11.6 Å². The van der Waals surface area contributed by atoms with Crippen LogP contribution < -0.4 is 5.32 Å². The molecule has 1 aliphatic heterocycles. The number of hydrogen-bond donors (Lipinski definition) is 1. The highest BCUT2D eigenvalue weighted by atomic mass is 16.2. The lowest BCUT2D eigenvalue weighted by atomic mass is 9.90. The van der Waals surface area contributed by atoms with E-state index in [0.717, 1.165) is 13.0 Å². The van der Waals surface area contributed by atoms with Gasteiger partial charge in [0, 0.05) is 26.3 Å². The summed E-state index contributed by atoms with van der Waals surface area (Å²) in [6.07, 6.45) is 0.847. The smallest absolute Gasteiger partial charge is 0.227 e. The standard InChI is InChI=1S/C15H22N2O/c1-10(2)11-5-6-14-12(7-11)8-13(9-16-14)15(18)17(3)4/h5-7,10,13,16H,8-9H2,1-4H3/t13-/m0/s1. The molecular formula is C15H22N2O. The third-order valence-electron chi connectivity index (χ3n) is 3.59. The largest absolute Gasteiger partial charge is 0.384 e. The summed E-state index contributed by atoms with van der Waals surface area (Å²) in [7, 11) is 3.64. The summed E-state index contributed by atoms with van der Waals surface area (Å²) in [6, 6.07) is 6.55. The molecule has 1 aromatic carbocycles. The van der Waals surface area contributed by atoms with Crippen molar-refractivity contribution in [2.45, 2.75) is 26.2 Å². The molecule has 3 heteroatoms. The zero-order valence-electron chi connectivity index (χ0n) is 11.7. The molecule has 18 heavy (non-hydrogen) atoms. The molecule has 0 unspecified atom stereocenters. The van der Waals surface area contributed by atoms with E-state index in [9.17, 15) is 4.79 Å². The fourth-order valence-electron chi connectivity index (χ4n) is 2.42. The van der Waals surface area contributed by atoms with Crippen molar-refractivity contribution in [2.24, 2.45) is 5.92 Å². The van der Waals surface area contributed by atoms with Crippen LogP contribution in [0.1, 0.15) is 30.9 Å². The van der Waals surface area contributed by atoms with E-state index < -0.39 is 0 Å². The maximum Gasteiger partial charge on any atom is 0.227 e. The van der Waals surface area contributed by atoms with E-state index >= 15 is 0 Å². The maximum atomic E-state index is 12.0. The first-order chi connectivity index (χ1) is 8.49. The minimum absolute atomic E-state index is 0.0647. The minimum Gasteiger partial charge on any atom is -0.384 e. The summed E-state index contributed by atoms with van der Waals surface area (Å²) < 4.78 is 0. The van der Waals surface area contributed by atoms with E-state index in [-0.39, 0.29) is 11.8 Å². The van der Waals surface area contributed by atoms with Gasteiger partial charge in [-0.3, -0.25) is 4.79 Å². The van der Waals surface area contributed by atoms with Gasteiger partial charge in [-0.05, 0) is 29.5 Å². The average molecular weight is 246 g/mol. The first kappa shape index (κ1) is 12.9. The van der Waals surface area contributed by atoms with Gasteiger partial charge in [-0.15, -0.1) is 0 Å². The molecule has 0 saturated heterocycles. The third-order valence-corrected chi connectivity index (χ3v) is 3.59. The molecule has 0 spiro atoms. The molecular weight excluding hydrogens is 224 g/mol. The van der Waals surface area contributed by atoms with Gasteiger partial charge in [0.05, 0.1) is 5.92 Å². The number of anilines is 1. The first-order valence-corrected chi connectivity index (χ1v) is 6.57. The fraction of sp³-hybridized carbons (Fsp3) is 0.533. The van der Waals surface area contributed by atoms with Gasteiger partial charge in [-0.2, -0.15) is 0 Å². The Morgan fingerprint density at radius 3 is 2.72 bits per heavy atom. The summed E-state index contributed by atoms with van der Waals surface area (Å²) in [5.74, 6) is 0.804. The fourth-order valence-corrected chi connectivity index (χ4v) is 2.42. The quantitative estimate of drug-likeness (QED) is 0.869. The Balaban J connectivity index is 2.22. The Labute approximate surface area is 109 Å². The van der Waals surface area contributed by atoms with Crippen molar-refractivity contribution in [3.05, 3.63) is 29.3 Å². The van der Waals surface area contributed by atoms with Crippen molar-refractivity contribution < 1.29 is 4.79 Å². The molecule has 1 atom stereocenters. The van der Waals surface area contributed by atoms with Crippen LogP contribution in [0.4, 0.5) is 5.69 Å². The Bertz CT molecular complexity index is 452. The Morgan fingerprint density at radius 2 is 2.11 bits per heavy atom. The van der Waals surface area contributed by atoms with Crippen molar-refractivity contribution in [1.82, 2.24) is 4.90 Å². The zero-order valence-corrected chi connectivity index (χ0v) is 11.7. The van der Waals surface area contributed by atoms with Crippen molar-refractivity contribution in [3.63, 3.8) is 0 Å². The SMILES string of the molecule is CC(C)c1ccc2c(c1)C[C@H](C(=O)N(C)C)CN2. The van der Waals surface area contributed by atoms with Gasteiger partial charge in [0.25, 0.3) is 0 Å². The number of fused-ring (bicyclic) bond motifs is 1. The summed E-state index contributed by atoms with van der Waals surface area (Å²) in [6.45, 7) is 5.13. The Kier molecular flexibility index (Phi) is 3.60. The molecule has 1 aromatic rings. The number of carbonyl (C=O) groups excluding carboxylic acids is 1. The summed E-state index contributed by atoms with van der Waals surface area (Å²) in [5.41, 5.74) is 3.79. The van der Waals surface area contributed by atoms with Gasteiger partial charge in [0.1, 0.15) is 0 Å². The number of nitrogens with one attached hydrogen (secondary N) is 1. The molecule has 98 valence electrons. The number of hydrogen-bond acceptors (Lipinski definition) is 2. The highest BCUT2D eigenvalue weighted by Crippen LogP contribution is 2.28. The number of rotatable bonds is 2. The summed E-state index contributed by atoms with van der Waals surface area (Å²) in [4.78, 5) is 13.7. The summed E-state index contributed by atoms with van der Waals surface area (Å²) >= 11 is 0. The second-order valence-electron chi connectivity index (χ2n) is 5.59. The second kappa shape index (κ2) is 5.01. The van der Waals surface area contributed by atoms with Crippen LogP contribution in [0.3, 0.4) is 0 Å². The van der Waals surface area contributed by atoms with Gasteiger partial charge in [0.2, 0.25) is 5.91 Å². The lowest BCUT2D eigenvalue weighted by molar-refractivity contribution is -0.132. The van der Waals surface area contributed by atoms with E-state index in [2.05, 4.69) is 37.4 Å². The van der Waals surface area contributed by atoms with Gasteiger partial charge in [-0.1, -0.05) is 26.0 Å². The van der Waals surface area contributed by atoms with E-state index in [1.54, 1.807) is 4.90 Å². The molecule has 0 aliphatic carbocycles. The Hall–Kier alpha value is -1.51. The topological polar surface area (TPSA) is 32.3 Å². The highest BCUT2D eigenvalue weighted by Gasteiger charge is 2.25. The van der Waals surface area contributed by atoms with Crippen molar-refractivity contribution in [3.8, 4) is 0 Å². The number of nitrogens with zero attached hydrogens (tertiary/aromatic N) is 1. The summed E-state index contributed by atoms with van der Waals surface area (Å²) in [5, 5.41) is 3.37. The van der Waals surface area contributed by atoms with Gasteiger partial charge in [-0.25, -0.2) is 0 Å². The molecule has 1 N–H and O–H groups in total. The van der Waals surface area contributed by atoms with Crippen LogP contribution in [-0.2, 0) is 11.2 Å². The number of amides is 1.